The van der Waals surface area contributed by atoms with Gasteiger partial charge in [0.25, 0.3) is 5.91 Å². The van der Waals surface area contributed by atoms with Gasteiger partial charge in [-0.15, -0.1) is 0 Å². The van der Waals surface area contributed by atoms with E-state index in [1.54, 1.807) is 12.3 Å². The molecule has 1 amide bonds. The molecule has 3 N–H and O–H groups in total. The van der Waals surface area contributed by atoms with Gasteiger partial charge in [-0.3, -0.25) is 15.2 Å². The van der Waals surface area contributed by atoms with E-state index in [9.17, 15) is 10.1 Å². The van der Waals surface area contributed by atoms with Crippen LogP contribution in [0.5, 0.6) is 5.88 Å². The van der Waals surface area contributed by atoms with Crippen molar-refractivity contribution in [2.45, 2.75) is 19.8 Å². The van der Waals surface area contributed by atoms with Crippen molar-refractivity contribution in [1.29, 1.82) is 5.26 Å². The predicted molar refractivity (Wildman–Crippen MR) is 110 cm³/mol. The van der Waals surface area contributed by atoms with Crippen LogP contribution < -0.4 is 16.0 Å². The summed E-state index contributed by atoms with van der Waals surface area (Å²) in [7, 11) is 0. The van der Waals surface area contributed by atoms with E-state index in [1.807, 2.05) is 47.9 Å². The van der Waals surface area contributed by atoms with Gasteiger partial charge in [-0.1, -0.05) is 44.2 Å². The van der Waals surface area contributed by atoms with Crippen LogP contribution in [-0.4, -0.2) is 22.5 Å². The lowest BCUT2D eigenvalue weighted by Gasteiger charge is -2.13. The third-order valence-electron chi connectivity index (χ3n) is 4.41. The van der Waals surface area contributed by atoms with Crippen molar-refractivity contribution in [3.63, 3.8) is 0 Å². The molecule has 0 spiro atoms. The Labute approximate surface area is 169 Å². The van der Waals surface area contributed by atoms with E-state index in [2.05, 4.69) is 29.9 Å². The summed E-state index contributed by atoms with van der Waals surface area (Å²) in [6.45, 7) is 3.89. The third-order valence-corrected chi connectivity index (χ3v) is 4.41. The Balaban J connectivity index is 2.14. The van der Waals surface area contributed by atoms with Crippen LogP contribution in [0.3, 0.4) is 0 Å². The summed E-state index contributed by atoms with van der Waals surface area (Å²) in [5.74, 6) is 5.04. The van der Waals surface area contributed by atoms with Gasteiger partial charge in [-0.05, 0) is 35.2 Å². The third kappa shape index (κ3) is 4.57. The maximum Gasteiger partial charge on any atom is 0.271 e. The highest BCUT2D eigenvalue weighted by Gasteiger charge is 2.18. The number of nitrogens with two attached hydrogens (primary N) is 1. The smallest absolute Gasteiger partial charge is 0.271 e. The van der Waals surface area contributed by atoms with Crippen LogP contribution in [0.25, 0.3) is 22.5 Å². The molecular formula is C22H21N5O2. The van der Waals surface area contributed by atoms with Crippen molar-refractivity contribution in [1.82, 2.24) is 15.4 Å². The number of aromatic nitrogens is 2. The number of nitriles is 1. The number of rotatable bonds is 6. The molecule has 7 heteroatoms. The molecule has 2 aromatic heterocycles. The molecule has 0 aliphatic heterocycles. The Morgan fingerprint density at radius 1 is 1.21 bits per heavy atom. The van der Waals surface area contributed by atoms with Crippen molar-refractivity contribution in [2.24, 2.45) is 5.84 Å². The largest absolute Gasteiger partial charge is 0.467 e. The van der Waals surface area contributed by atoms with Gasteiger partial charge in [0.05, 0.1) is 11.4 Å². The van der Waals surface area contributed by atoms with E-state index in [4.69, 9.17) is 10.6 Å². The molecular weight excluding hydrogens is 366 g/mol. The zero-order valence-corrected chi connectivity index (χ0v) is 16.2. The van der Waals surface area contributed by atoms with Crippen LogP contribution in [0.1, 0.15) is 30.9 Å². The molecule has 1 aromatic carbocycles. The minimum Gasteiger partial charge on any atom is -0.467 e. The second kappa shape index (κ2) is 8.95. The molecule has 3 aromatic rings. The first-order chi connectivity index (χ1) is 14.0. The highest BCUT2D eigenvalue weighted by Crippen LogP contribution is 2.33. The zero-order chi connectivity index (χ0) is 20.8. The number of hydrogen-bond acceptors (Lipinski definition) is 6. The summed E-state index contributed by atoms with van der Waals surface area (Å²) in [6, 6.07) is 17.4. The average Bonchev–Trinajstić information content (AvgIpc) is 2.77. The Bertz CT molecular complexity index is 1040. The van der Waals surface area contributed by atoms with Gasteiger partial charge in [-0.25, -0.2) is 10.8 Å². The maximum absolute atomic E-state index is 11.5. The molecule has 0 bridgehead atoms. The van der Waals surface area contributed by atoms with Crippen molar-refractivity contribution >= 4 is 5.91 Å². The van der Waals surface area contributed by atoms with Gasteiger partial charge in [-0.2, -0.15) is 5.26 Å². The van der Waals surface area contributed by atoms with Crippen molar-refractivity contribution in [3.05, 3.63) is 65.9 Å². The Morgan fingerprint density at radius 3 is 2.55 bits per heavy atom. The van der Waals surface area contributed by atoms with E-state index < -0.39 is 5.91 Å². The number of hydrogen-bond donors (Lipinski definition) is 2. The summed E-state index contributed by atoms with van der Waals surface area (Å²) in [4.78, 5) is 20.3. The minimum atomic E-state index is -0.526. The first kappa shape index (κ1) is 20.0. The number of benzene rings is 1. The van der Waals surface area contributed by atoms with Crippen LogP contribution in [0.4, 0.5) is 0 Å². The normalized spacial score (nSPS) is 10.4. The lowest BCUT2D eigenvalue weighted by atomic mass is 9.96. The van der Waals surface area contributed by atoms with Crippen LogP contribution in [0, 0.1) is 11.3 Å². The molecule has 0 fully saturated rings. The molecule has 146 valence electrons. The SMILES string of the molecule is CC(C)c1ccc(-c2cc(-c3ccccn3)nc(OCC(=O)NN)c2C#N)cc1. The predicted octanol–water partition coefficient (Wildman–Crippen LogP) is 3.17. The molecule has 0 saturated carbocycles. The standard InChI is InChI=1S/C22H21N5O2/c1-14(2)15-6-8-16(9-7-15)17-11-20(19-5-3-4-10-25-19)26-22(18(17)12-23)29-13-21(28)27-24/h3-11,14H,13,24H2,1-2H3,(H,27,28). The van der Waals surface area contributed by atoms with E-state index in [1.165, 1.54) is 5.56 Å². The van der Waals surface area contributed by atoms with Gasteiger partial charge in [0.1, 0.15) is 11.6 Å². The quantitative estimate of drug-likeness (QED) is 0.381. The fourth-order valence-corrected chi connectivity index (χ4v) is 2.83. The molecule has 0 radical (unpaired) electrons. The highest BCUT2D eigenvalue weighted by atomic mass is 16.5. The zero-order valence-electron chi connectivity index (χ0n) is 16.2. The molecule has 7 nitrogen and oxygen atoms in total. The number of carbonyl (C=O) groups excluding carboxylic acids is 1. The van der Waals surface area contributed by atoms with Crippen LogP contribution >= 0.6 is 0 Å². The van der Waals surface area contributed by atoms with Gasteiger partial charge in [0, 0.05) is 11.8 Å². The Kier molecular flexibility index (Phi) is 6.17. The number of ether oxygens (including phenoxy) is 1. The van der Waals surface area contributed by atoms with Crippen molar-refractivity contribution in [2.75, 3.05) is 6.61 Å². The summed E-state index contributed by atoms with van der Waals surface area (Å²) < 4.78 is 5.51. The lowest BCUT2D eigenvalue weighted by Crippen LogP contribution is -2.34. The number of carbonyl (C=O) groups is 1. The van der Waals surface area contributed by atoms with E-state index in [0.717, 1.165) is 5.56 Å². The molecule has 29 heavy (non-hydrogen) atoms. The molecule has 0 unspecified atom stereocenters. The van der Waals surface area contributed by atoms with Gasteiger partial charge < -0.3 is 4.74 Å². The molecule has 0 atom stereocenters. The maximum atomic E-state index is 11.5. The number of hydrazine groups is 1. The fraction of sp³-hybridized carbons (Fsp3) is 0.182. The lowest BCUT2D eigenvalue weighted by molar-refractivity contribution is -0.123. The average molecular weight is 387 g/mol. The first-order valence-corrected chi connectivity index (χ1v) is 9.12. The van der Waals surface area contributed by atoms with Crippen LogP contribution in [0.15, 0.2) is 54.7 Å². The van der Waals surface area contributed by atoms with E-state index in [-0.39, 0.29) is 18.1 Å². The Hall–Kier alpha value is -3.76. The summed E-state index contributed by atoms with van der Waals surface area (Å²) in [6.07, 6.45) is 1.66. The second-order valence-electron chi connectivity index (χ2n) is 6.69. The van der Waals surface area contributed by atoms with Gasteiger partial charge in [0.15, 0.2) is 6.61 Å². The second-order valence-corrected chi connectivity index (χ2v) is 6.69. The first-order valence-electron chi connectivity index (χ1n) is 9.12. The van der Waals surface area contributed by atoms with Crippen molar-refractivity contribution in [3.8, 4) is 34.5 Å². The van der Waals surface area contributed by atoms with Gasteiger partial charge in [0.2, 0.25) is 5.88 Å². The van der Waals surface area contributed by atoms with Crippen LogP contribution in [0.2, 0.25) is 0 Å². The summed E-state index contributed by atoms with van der Waals surface area (Å²) in [5.41, 5.74) is 6.10. The molecule has 0 aliphatic rings. The van der Waals surface area contributed by atoms with E-state index in [0.29, 0.717) is 22.9 Å². The topological polar surface area (TPSA) is 114 Å². The monoisotopic (exact) mass is 387 g/mol. The van der Waals surface area contributed by atoms with Gasteiger partial charge >= 0.3 is 0 Å². The number of pyridine rings is 2. The van der Waals surface area contributed by atoms with E-state index >= 15 is 0 Å². The minimum absolute atomic E-state index is 0.0576. The number of nitrogens with zero attached hydrogens (tertiary/aromatic N) is 3. The number of nitrogens with one attached hydrogen (secondary N) is 1. The molecule has 3 rings (SSSR count). The van der Waals surface area contributed by atoms with Crippen LogP contribution in [-0.2, 0) is 4.79 Å². The molecule has 2 heterocycles. The molecule has 0 aliphatic carbocycles. The van der Waals surface area contributed by atoms with Crippen molar-refractivity contribution < 1.29 is 9.53 Å². The summed E-state index contributed by atoms with van der Waals surface area (Å²) in [5, 5.41) is 9.78. The Morgan fingerprint density at radius 2 is 1.97 bits per heavy atom. The molecule has 0 saturated heterocycles. The summed E-state index contributed by atoms with van der Waals surface area (Å²) >= 11 is 0. The number of amides is 1. The highest BCUT2D eigenvalue weighted by molar-refractivity contribution is 5.79. The fourth-order valence-electron chi connectivity index (χ4n) is 2.83.